The van der Waals surface area contributed by atoms with Crippen molar-refractivity contribution in [3.63, 3.8) is 0 Å². The van der Waals surface area contributed by atoms with Gasteiger partial charge in [0.1, 0.15) is 0 Å². The minimum atomic E-state index is -3.13. The first-order valence-electron chi connectivity index (χ1n) is 6.20. The van der Waals surface area contributed by atoms with Crippen molar-refractivity contribution in [2.45, 2.75) is 33.2 Å². The maximum absolute atomic E-state index is 11.9. The zero-order chi connectivity index (χ0) is 14.0. The van der Waals surface area contributed by atoms with Gasteiger partial charge in [-0.3, -0.25) is 0 Å². The lowest BCUT2D eigenvalue weighted by Crippen LogP contribution is -2.56. The van der Waals surface area contributed by atoms with E-state index in [1.54, 1.807) is 11.8 Å². The maximum Gasteiger partial charge on any atom is 0.317 e. The molecule has 0 aromatic heterocycles. The van der Waals surface area contributed by atoms with Crippen LogP contribution in [0.4, 0.5) is 4.79 Å². The van der Waals surface area contributed by atoms with Gasteiger partial charge in [-0.2, -0.15) is 4.31 Å². The van der Waals surface area contributed by atoms with E-state index >= 15 is 0 Å². The summed E-state index contributed by atoms with van der Waals surface area (Å²) in [7, 11) is -3.13. The molecule has 0 radical (unpaired) electrons. The Morgan fingerprint density at radius 2 is 1.67 bits per heavy atom. The molecule has 0 aromatic carbocycles. The highest BCUT2D eigenvalue weighted by atomic mass is 32.2. The highest BCUT2D eigenvalue weighted by molar-refractivity contribution is 7.89. The lowest BCUT2D eigenvalue weighted by molar-refractivity contribution is 0.165. The zero-order valence-corrected chi connectivity index (χ0v) is 12.4. The lowest BCUT2D eigenvalue weighted by Gasteiger charge is -2.35. The SMILES string of the molecule is CCS(=O)(=O)N1CCN(C(=O)NC(C)(C)C)CC1. The number of rotatable bonds is 2. The van der Waals surface area contributed by atoms with Crippen LogP contribution < -0.4 is 5.32 Å². The molecule has 0 aliphatic carbocycles. The van der Waals surface area contributed by atoms with Crippen LogP contribution in [-0.2, 0) is 10.0 Å². The summed E-state index contributed by atoms with van der Waals surface area (Å²) in [5.41, 5.74) is -0.274. The van der Waals surface area contributed by atoms with E-state index in [0.717, 1.165) is 0 Å². The Bertz CT molecular complexity index is 392. The average molecular weight is 277 g/mol. The first-order valence-corrected chi connectivity index (χ1v) is 7.81. The molecule has 0 unspecified atom stereocenters. The van der Waals surface area contributed by atoms with Crippen molar-refractivity contribution >= 4 is 16.1 Å². The van der Waals surface area contributed by atoms with Crippen LogP contribution in [0.2, 0.25) is 0 Å². The molecule has 1 N–H and O–H groups in total. The molecule has 0 spiro atoms. The summed E-state index contributed by atoms with van der Waals surface area (Å²) in [4.78, 5) is 13.5. The highest BCUT2D eigenvalue weighted by Gasteiger charge is 2.28. The van der Waals surface area contributed by atoms with Crippen LogP contribution in [0.3, 0.4) is 0 Å². The van der Waals surface area contributed by atoms with Gasteiger partial charge in [-0.25, -0.2) is 13.2 Å². The van der Waals surface area contributed by atoms with Gasteiger partial charge in [0.2, 0.25) is 10.0 Å². The van der Waals surface area contributed by atoms with E-state index in [4.69, 9.17) is 0 Å². The lowest BCUT2D eigenvalue weighted by atomic mass is 10.1. The number of amides is 2. The number of carbonyl (C=O) groups excluding carboxylic acids is 1. The van der Waals surface area contributed by atoms with Gasteiger partial charge in [0, 0.05) is 31.7 Å². The molecule has 1 fully saturated rings. The van der Waals surface area contributed by atoms with Crippen LogP contribution in [0, 0.1) is 0 Å². The number of hydrogen-bond acceptors (Lipinski definition) is 3. The van der Waals surface area contributed by atoms with Crippen molar-refractivity contribution in [2.24, 2.45) is 0 Å². The average Bonchev–Trinajstić information content (AvgIpc) is 2.27. The monoisotopic (exact) mass is 277 g/mol. The van der Waals surface area contributed by atoms with Crippen molar-refractivity contribution in [2.75, 3.05) is 31.9 Å². The number of hydrogen-bond donors (Lipinski definition) is 1. The van der Waals surface area contributed by atoms with Gasteiger partial charge in [0.15, 0.2) is 0 Å². The Labute approximate surface area is 109 Å². The maximum atomic E-state index is 11.9. The Balaban J connectivity index is 2.52. The third kappa shape index (κ3) is 4.13. The van der Waals surface area contributed by atoms with Gasteiger partial charge in [0.05, 0.1) is 5.75 Å². The molecule has 106 valence electrons. The number of nitrogens with zero attached hydrogens (tertiary/aromatic N) is 2. The smallest absolute Gasteiger partial charge is 0.317 e. The number of urea groups is 1. The summed E-state index contributed by atoms with van der Waals surface area (Å²) in [6, 6.07) is -0.129. The third-order valence-electron chi connectivity index (χ3n) is 2.77. The Hall–Kier alpha value is -0.820. The molecule has 0 bridgehead atoms. The van der Waals surface area contributed by atoms with E-state index in [1.165, 1.54) is 4.31 Å². The summed E-state index contributed by atoms with van der Waals surface area (Å²) in [6.07, 6.45) is 0. The highest BCUT2D eigenvalue weighted by Crippen LogP contribution is 2.09. The Kier molecular flexibility index (Phi) is 4.61. The van der Waals surface area contributed by atoms with E-state index in [2.05, 4.69) is 5.32 Å². The summed E-state index contributed by atoms with van der Waals surface area (Å²) >= 11 is 0. The van der Waals surface area contributed by atoms with Crippen LogP contribution in [0.25, 0.3) is 0 Å². The molecule has 0 atom stereocenters. The second-order valence-corrected chi connectivity index (χ2v) is 7.72. The molecule has 2 amide bonds. The summed E-state index contributed by atoms with van der Waals surface area (Å²) in [5.74, 6) is 0.112. The molecule has 1 saturated heterocycles. The quantitative estimate of drug-likeness (QED) is 0.797. The normalized spacial score (nSPS) is 18.8. The van der Waals surface area contributed by atoms with Crippen molar-refractivity contribution in [1.82, 2.24) is 14.5 Å². The first-order chi connectivity index (χ1) is 8.15. The Morgan fingerprint density at radius 1 is 1.17 bits per heavy atom. The zero-order valence-electron chi connectivity index (χ0n) is 11.6. The number of nitrogens with one attached hydrogen (secondary N) is 1. The summed E-state index contributed by atoms with van der Waals surface area (Å²) in [5, 5.41) is 2.88. The number of carbonyl (C=O) groups is 1. The standard InChI is InChI=1S/C11H23N3O3S/c1-5-18(16,17)14-8-6-13(7-9-14)10(15)12-11(2,3)4/h5-9H2,1-4H3,(H,12,15). The second-order valence-electron chi connectivity index (χ2n) is 5.47. The number of piperazine rings is 1. The molecule has 6 nitrogen and oxygen atoms in total. The van der Waals surface area contributed by atoms with Crippen molar-refractivity contribution in [3.05, 3.63) is 0 Å². The largest absolute Gasteiger partial charge is 0.333 e. The summed E-state index contributed by atoms with van der Waals surface area (Å²) in [6.45, 7) is 9.05. The predicted octanol–water partition coefficient (Wildman–Crippen LogP) is 0.462. The third-order valence-corrected chi connectivity index (χ3v) is 4.65. The first kappa shape index (κ1) is 15.2. The molecule has 0 saturated carbocycles. The van der Waals surface area contributed by atoms with Crippen molar-refractivity contribution in [3.8, 4) is 0 Å². The van der Waals surface area contributed by atoms with Crippen LogP contribution in [-0.4, -0.2) is 61.1 Å². The van der Waals surface area contributed by atoms with Gasteiger partial charge in [0.25, 0.3) is 0 Å². The van der Waals surface area contributed by atoms with E-state index < -0.39 is 10.0 Å². The van der Waals surface area contributed by atoms with E-state index in [9.17, 15) is 13.2 Å². The number of sulfonamides is 1. The van der Waals surface area contributed by atoms with Crippen LogP contribution in [0.5, 0.6) is 0 Å². The molecule has 1 aliphatic heterocycles. The molecule has 7 heteroatoms. The van der Waals surface area contributed by atoms with E-state index in [-0.39, 0.29) is 17.3 Å². The molecule has 18 heavy (non-hydrogen) atoms. The molecule has 1 heterocycles. The second kappa shape index (κ2) is 5.44. The molecule has 0 aromatic rings. The minimum absolute atomic E-state index is 0.112. The van der Waals surface area contributed by atoms with Gasteiger partial charge in [-0.1, -0.05) is 0 Å². The van der Waals surface area contributed by atoms with Crippen LogP contribution in [0.15, 0.2) is 0 Å². The van der Waals surface area contributed by atoms with Gasteiger partial charge in [-0.05, 0) is 27.7 Å². The fourth-order valence-corrected chi connectivity index (χ4v) is 2.84. The Morgan fingerprint density at radius 3 is 2.06 bits per heavy atom. The summed E-state index contributed by atoms with van der Waals surface area (Å²) < 4.78 is 24.8. The predicted molar refractivity (Wildman–Crippen MR) is 70.9 cm³/mol. The fraction of sp³-hybridized carbons (Fsp3) is 0.909. The van der Waals surface area contributed by atoms with Crippen LogP contribution in [0.1, 0.15) is 27.7 Å². The van der Waals surface area contributed by atoms with Gasteiger partial charge >= 0.3 is 6.03 Å². The molecule has 1 rings (SSSR count). The van der Waals surface area contributed by atoms with Crippen molar-refractivity contribution < 1.29 is 13.2 Å². The van der Waals surface area contributed by atoms with Crippen molar-refractivity contribution in [1.29, 1.82) is 0 Å². The van der Waals surface area contributed by atoms with Gasteiger partial charge in [-0.15, -0.1) is 0 Å². The van der Waals surface area contributed by atoms with E-state index in [1.807, 2.05) is 20.8 Å². The van der Waals surface area contributed by atoms with E-state index in [0.29, 0.717) is 26.2 Å². The van der Waals surface area contributed by atoms with Crippen LogP contribution >= 0.6 is 0 Å². The topological polar surface area (TPSA) is 69.7 Å². The minimum Gasteiger partial charge on any atom is -0.333 e. The molecular formula is C11H23N3O3S. The van der Waals surface area contributed by atoms with Gasteiger partial charge < -0.3 is 10.2 Å². The molecular weight excluding hydrogens is 254 g/mol. The molecule has 1 aliphatic rings. The fourth-order valence-electron chi connectivity index (χ4n) is 1.75.